The molecule has 3 heterocycles. The number of rotatable bonds is 3. The average Bonchev–Trinajstić information content (AvgIpc) is 3.09. The molecule has 2 atom stereocenters. The summed E-state index contributed by atoms with van der Waals surface area (Å²) in [5, 5.41) is 0. The van der Waals surface area contributed by atoms with E-state index < -0.39 is 0 Å². The number of hydrogen-bond donors (Lipinski definition) is 0. The highest BCUT2D eigenvalue weighted by Crippen LogP contribution is 2.27. The van der Waals surface area contributed by atoms with Crippen LogP contribution in [0.15, 0.2) is 35.3 Å². The standard InChI is InChI=1S/C17H24N4O2/c1-2-4-15(5-3-1)21-14-18-16(19-6-10-22-11-7-19)17(21)20-8-12-23-13-9-20/h1-5,14,16-17H,6-13H2/t16-,17+/m0/s1. The number of hydrogen-bond acceptors (Lipinski definition) is 6. The van der Waals surface area contributed by atoms with Crippen molar-refractivity contribution in [3.8, 4) is 0 Å². The van der Waals surface area contributed by atoms with Crippen LogP contribution in [0.5, 0.6) is 0 Å². The molecule has 124 valence electrons. The zero-order valence-corrected chi connectivity index (χ0v) is 13.4. The minimum Gasteiger partial charge on any atom is -0.379 e. The molecule has 0 aromatic heterocycles. The number of benzene rings is 1. The molecule has 4 rings (SSSR count). The molecule has 6 heteroatoms. The third-order valence-corrected chi connectivity index (χ3v) is 4.79. The monoisotopic (exact) mass is 316 g/mol. The van der Waals surface area contributed by atoms with Crippen molar-refractivity contribution < 1.29 is 9.47 Å². The Kier molecular flexibility index (Phi) is 4.57. The Hall–Kier alpha value is -1.47. The van der Waals surface area contributed by atoms with E-state index in [2.05, 4.69) is 45.0 Å². The highest BCUT2D eigenvalue weighted by molar-refractivity contribution is 5.82. The van der Waals surface area contributed by atoms with Crippen molar-refractivity contribution in [1.29, 1.82) is 0 Å². The van der Waals surface area contributed by atoms with Crippen molar-refractivity contribution in [1.82, 2.24) is 9.80 Å². The topological polar surface area (TPSA) is 40.5 Å². The molecule has 3 aliphatic heterocycles. The molecule has 3 aliphatic rings. The van der Waals surface area contributed by atoms with Gasteiger partial charge in [0.1, 0.15) is 12.3 Å². The summed E-state index contributed by atoms with van der Waals surface area (Å²) in [6.07, 6.45) is 2.41. The van der Waals surface area contributed by atoms with Gasteiger partial charge in [0.25, 0.3) is 0 Å². The van der Waals surface area contributed by atoms with Crippen LogP contribution in [-0.2, 0) is 9.47 Å². The number of para-hydroxylation sites is 1. The van der Waals surface area contributed by atoms with Gasteiger partial charge in [0, 0.05) is 31.9 Å². The molecule has 0 radical (unpaired) electrons. The largest absolute Gasteiger partial charge is 0.379 e. The summed E-state index contributed by atoms with van der Waals surface area (Å²) >= 11 is 0. The lowest BCUT2D eigenvalue weighted by Crippen LogP contribution is -2.59. The van der Waals surface area contributed by atoms with Crippen LogP contribution in [0.2, 0.25) is 0 Å². The predicted octanol–water partition coefficient (Wildman–Crippen LogP) is 0.852. The average molecular weight is 316 g/mol. The zero-order valence-electron chi connectivity index (χ0n) is 13.4. The van der Waals surface area contributed by atoms with Crippen LogP contribution in [0, 0.1) is 0 Å². The van der Waals surface area contributed by atoms with Gasteiger partial charge < -0.3 is 14.4 Å². The normalized spacial score (nSPS) is 30.0. The molecule has 1 aromatic rings. The molecule has 0 saturated carbocycles. The minimum absolute atomic E-state index is 0.164. The van der Waals surface area contributed by atoms with Gasteiger partial charge in [-0.05, 0) is 12.1 Å². The maximum atomic E-state index is 5.55. The molecular formula is C17H24N4O2. The Bertz CT molecular complexity index is 527. The highest BCUT2D eigenvalue weighted by Gasteiger charge is 2.40. The molecule has 6 nitrogen and oxygen atoms in total. The van der Waals surface area contributed by atoms with E-state index in [0.717, 1.165) is 52.6 Å². The first kappa shape index (κ1) is 15.1. The first-order chi connectivity index (χ1) is 11.4. The molecule has 0 unspecified atom stereocenters. The first-order valence-corrected chi connectivity index (χ1v) is 8.44. The van der Waals surface area contributed by atoms with Crippen LogP contribution in [0.4, 0.5) is 5.69 Å². The third kappa shape index (κ3) is 3.12. The van der Waals surface area contributed by atoms with E-state index in [1.165, 1.54) is 5.69 Å². The summed E-state index contributed by atoms with van der Waals surface area (Å²) in [5.41, 5.74) is 1.20. The molecule has 0 aliphatic carbocycles. The summed E-state index contributed by atoms with van der Waals surface area (Å²) in [4.78, 5) is 12.1. The van der Waals surface area contributed by atoms with Gasteiger partial charge in [-0.3, -0.25) is 14.8 Å². The Morgan fingerprint density at radius 1 is 0.826 bits per heavy atom. The number of ether oxygens (including phenoxy) is 2. The lowest BCUT2D eigenvalue weighted by Gasteiger charge is -2.43. The maximum absolute atomic E-state index is 5.55. The number of aliphatic imine (C=N–C) groups is 1. The second-order valence-electron chi connectivity index (χ2n) is 6.13. The lowest BCUT2D eigenvalue weighted by molar-refractivity contribution is -0.0273. The smallest absolute Gasteiger partial charge is 0.138 e. The van der Waals surface area contributed by atoms with Gasteiger partial charge in [-0.1, -0.05) is 18.2 Å². The molecule has 2 saturated heterocycles. The second kappa shape index (κ2) is 6.97. The Morgan fingerprint density at radius 3 is 2.09 bits per heavy atom. The van der Waals surface area contributed by atoms with Crippen LogP contribution in [-0.4, -0.2) is 81.1 Å². The predicted molar refractivity (Wildman–Crippen MR) is 89.8 cm³/mol. The van der Waals surface area contributed by atoms with E-state index in [1.807, 2.05) is 6.34 Å². The summed E-state index contributed by atoms with van der Waals surface area (Å²) in [5.74, 6) is 0. The minimum atomic E-state index is 0.164. The lowest BCUT2D eigenvalue weighted by atomic mass is 10.2. The second-order valence-corrected chi connectivity index (χ2v) is 6.13. The zero-order chi connectivity index (χ0) is 15.5. The van der Waals surface area contributed by atoms with Gasteiger partial charge in [-0.2, -0.15) is 0 Å². The van der Waals surface area contributed by atoms with Crippen molar-refractivity contribution in [2.45, 2.75) is 12.3 Å². The van der Waals surface area contributed by atoms with E-state index >= 15 is 0 Å². The summed E-state index contributed by atoms with van der Waals surface area (Å²) in [6.45, 7) is 7.01. The fourth-order valence-corrected chi connectivity index (χ4v) is 3.58. The Labute approximate surface area is 137 Å². The molecule has 0 N–H and O–H groups in total. The van der Waals surface area contributed by atoms with Crippen molar-refractivity contribution in [3.05, 3.63) is 30.3 Å². The number of morpholine rings is 2. The number of anilines is 1. The Morgan fingerprint density at radius 2 is 1.43 bits per heavy atom. The van der Waals surface area contributed by atoms with Gasteiger partial charge in [-0.25, -0.2) is 0 Å². The van der Waals surface area contributed by atoms with Crippen LogP contribution in [0.1, 0.15) is 0 Å². The van der Waals surface area contributed by atoms with Crippen molar-refractivity contribution >= 4 is 12.0 Å². The van der Waals surface area contributed by atoms with Gasteiger partial charge in [0.15, 0.2) is 0 Å². The molecule has 2 fully saturated rings. The third-order valence-electron chi connectivity index (χ3n) is 4.79. The van der Waals surface area contributed by atoms with Crippen LogP contribution >= 0.6 is 0 Å². The molecule has 0 amide bonds. The summed E-state index contributed by atoms with van der Waals surface area (Å²) in [7, 11) is 0. The van der Waals surface area contributed by atoms with Crippen molar-refractivity contribution in [2.75, 3.05) is 57.5 Å². The fourth-order valence-electron chi connectivity index (χ4n) is 3.58. The highest BCUT2D eigenvalue weighted by atomic mass is 16.5. The molecule has 0 spiro atoms. The van der Waals surface area contributed by atoms with Crippen LogP contribution in [0.25, 0.3) is 0 Å². The van der Waals surface area contributed by atoms with Crippen LogP contribution in [0.3, 0.4) is 0 Å². The Balaban J connectivity index is 1.59. The van der Waals surface area contributed by atoms with Gasteiger partial charge >= 0.3 is 0 Å². The van der Waals surface area contributed by atoms with Gasteiger partial charge in [0.05, 0.1) is 32.8 Å². The molecular weight excluding hydrogens is 292 g/mol. The maximum Gasteiger partial charge on any atom is 0.138 e. The van der Waals surface area contributed by atoms with Gasteiger partial charge in [0.2, 0.25) is 0 Å². The summed E-state index contributed by atoms with van der Waals surface area (Å²) in [6, 6.07) is 10.5. The molecule has 1 aromatic carbocycles. The SMILES string of the molecule is C1=N[C@@H](N2CCOCC2)[C@H](N2CCOCC2)N1c1ccccc1. The molecule has 0 bridgehead atoms. The van der Waals surface area contributed by atoms with Gasteiger partial charge in [-0.15, -0.1) is 0 Å². The van der Waals surface area contributed by atoms with Crippen molar-refractivity contribution in [3.63, 3.8) is 0 Å². The van der Waals surface area contributed by atoms with E-state index in [0.29, 0.717) is 0 Å². The molecule has 23 heavy (non-hydrogen) atoms. The number of nitrogens with zero attached hydrogens (tertiary/aromatic N) is 4. The van der Waals surface area contributed by atoms with E-state index in [9.17, 15) is 0 Å². The van der Waals surface area contributed by atoms with E-state index in [1.54, 1.807) is 0 Å². The first-order valence-electron chi connectivity index (χ1n) is 8.44. The van der Waals surface area contributed by atoms with Crippen molar-refractivity contribution in [2.24, 2.45) is 4.99 Å². The van der Waals surface area contributed by atoms with Crippen LogP contribution < -0.4 is 4.90 Å². The fraction of sp³-hybridized carbons (Fsp3) is 0.588. The van der Waals surface area contributed by atoms with E-state index in [-0.39, 0.29) is 12.3 Å². The quantitative estimate of drug-likeness (QED) is 0.827. The van der Waals surface area contributed by atoms with E-state index in [4.69, 9.17) is 14.5 Å². The summed E-state index contributed by atoms with van der Waals surface area (Å²) < 4.78 is 11.1.